The normalized spacial score (nSPS) is 11.9. The maximum atomic E-state index is 11.9. The van der Waals surface area contributed by atoms with Crippen LogP contribution in [0.5, 0.6) is 0 Å². The van der Waals surface area contributed by atoms with Crippen molar-refractivity contribution in [1.82, 2.24) is 20.4 Å². The van der Waals surface area contributed by atoms with Gasteiger partial charge in [0, 0.05) is 12.4 Å². The van der Waals surface area contributed by atoms with Gasteiger partial charge in [0.05, 0.1) is 17.9 Å². The molecule has 8 heteroatoms. The molecule has 2 N–H and O–H groups in total. The van der Waals surface area contributed by atoms with Crippen LogP contribution in [0.25, 0.3) is 0 Å². The van der Waals surface area contributed by atoms with Gasteiger partial charge in [-0.15, -0.1) is 0 Å². The number of aromatic carboxylic acids is 1. The summed E-state index contributed by atoms with van der Waals surface area (Å²) in [6.45, 7) is 3.12. The molecule has 0 bridgehead atoms. The van der Waals surface area contributed by atoms with Gasteiger partial charge in [0.25, 0.3) is 5.91 Å². The highest BCUT2D eigenvalue weighted by Crippen LogP contribution is 2.21. The molecule has 0 aliphatic rings. The van der Waals surface area contributed by atoms with Crippen LogP contribution in [0.4, 0.5) is 0 Å². The minimum absolute atomic E-state index is 0.0445. The minimum Gasteiger partial charge on any atom is -0.477 e. The summed E-state index contributed by atoms with van der Waals surface area (Å²) >= 11 is 0. The first kappa shape index (κ1) is 13.7. The van der Waals surface area contributed by atoms with Gasteiger partial charge in [-0.05, 0) is 13.8 Å². The van der Waals surface area contributed by atoms with Gasteiger partial charge in [0.15, 0.2) is 5.76 Å². The summed E-state index contributed by atoms with van der Waals surface area (Å²) in [5.41, 5.74) is 0.345. The molecule has 8 nitrogen and oxygen atoms in total. The standard InChI is InChI=1S/C12H12N4O4/c1-6-9(12(18)19)10(20-16-6)7(2)15-11(17)8-5-13-3-4-14-8/h3-5,7H,1-2H3,(H,15,17)(H,18,19). The monoisotopic (exact) mass is 276 g/mol. The molecule has 1 unspecified atom stereocenters. The van der Waals surface area contributed by atoms with Crippen molar-refractivity contribution >= 4 is 11.9 Å². The minimum atomic E-state index is -1.15. The van der Waals surface area contributed by atoms with E-state index in [0.717, 1.165) is 0 Å². The summed E-state index contributed by atoms with van der Waals surface area (Å²) in [4.78, 5) is 30.7. The largest absolute Gasteiger partial charge is 0.477 e. The van der Waals surface area contributed by atoms with Gasteiger partial charge in [-0.25, -0.2) is 9.78 Å². The third-order valence-corrected chi connectivity index (χ3v) is 2.64. The van der Waals surface area contributed by atoms with Crippen molar-refractivity contribution in [2.45, 2.75) is 19.9 Å². The molecule has 0 spiro atoms. The van der Waals surface area contributed by atoms with Gasteiger partial charge in [0.2, 0.25) is 0 Å². The highest BCUT2D eigenvalue weighted by molar-refractivity contribution is 5.93. The van der Waals surface area contributed by atoms with E-state index in [1.807, 2.05) is 0 Å². The highest BCUT2D eigenvalue weighted by Gasteiger charge is 2.25. The first-order chi connectivity index (χ1) is 9.50. The van der Waals surface area contributed by atoms with Gasteiger partial charge in [-0.2, -0.15) is 0 Å². The molecule has 1 amide bonds. The second-order valence-electron chi connectivity index (χ2n) is 4.10. The Morgan fingerprint density at radius 2 is 2.15 bits per heavy atom. The Bertz CT molecular complexity index is 638. The van der Waals surface area contributed by atoms with Crippen LogP contribution < -0.4 is 5.32 Å². The Hall–Kier alpha value is -2.77. The molecule has 0 saturated carbocycles. The van der Waals surface area contributed by atoms with E-state index in [0.29, 0.717) is 0 Å². The van der Waals surface area contributed by atoms with Gasteiger partial charge in [0.1, 0.15) is 11.3 Å². The smallest absolute Gasteiger partial charge is 0.341 e. The summed E-state index contributed by atoms with van der Waals surface area (Å²) in [6, 6.07) is -0.656. The molecule has 0 radical (unpaired) electrons. The lowest BCUT2D eigenvalue weighted by molar-refractivity contribution is 0.0690. The lowest BCUT2D eigenvalue weighted by Gasteiger charge is -2.11. The van der Waals surface area contributed by atoms with Crippen LogP contribution in [0.15, 0.2) is 23.1 Å². The number of nitrogens with one attached hydrogen (secondary N) is 1. The summed E-state index contributed by atoms with van der Waals surface area (Å²) < 4.78 is 4.97. The second-order valence-corrected chi connectivity index (χ2v) is 4.10. The number of hydrogen-bond acceptors (Lipinski definition) is 6. The molecule has 1 atom stereocenters. The Kier molecular flexibility index (Phi) is 3.74. The number of carboxylic acids is 1. The van der Waals surface area contributed by atoms with E-state index in [4.69, 9.17) is 9.63 Å². The molecule has 0 fully saturated rings. The van der Waals surface area contributed by atoms with Crippen LogP contribution in [0.2, 0.25) is 0 Å². The fraction of sp³-hybridized carbons (Fsp3) is 0.250. The predicted molar refractivity (Wildman–Crippen MR) is 66.1 cm³/mol. The van der Waals surface area contributed by atoms with Crippen LogP contribution in [-0.2, 0) is 0 Å². The topological polar surface area (TPSA) is 118 Å². The van der Waals surface area contributed by atoms with E-state index >= 15 is 0 Å². The zero-order valence-electron chi connectivity index (χ0n) is 10.8. The summed E-state index contributed by atoms with van der Waals surface area (Å²) in [5, 5.41) is 15.3. The van der Waals surface area contributed by atoms with Crippen molar-refractivity contribution < 1.29 is 19.2 Å². The second kappa shape index (κ2) is 5.47. The first-order valence-electron chi connectivity index (χ1n) is 5.77. The molecule has 20 heavy (non-hydrogen) atoms. The van der Waals surface area contributed by atoms with Crippen LogP contribution in [0.3, 0.4) is 0 Å². The van der Waals surface area contributed by atoms with E-state index in [9.17, 15) is 9.59 Å². The van der Waals surface area contributed by atoms with Crippen molar-refractivity contribution in [2.75, 3.05) is 0 Å². The molecule has 0 aliphatic carbocycles. The van der Waals surface area contributed by atoms with Gasteiger partial charge in [-0.1, -0.05) is 5.16 Å². The molecule has 2 aromatic heterocycles. The summed E-state index contributed by atoms with van der Waals surface area (Å²) in [6.07, 6.45) is 4.15. The zero-order valence-corrected chi connectivity index (χ0v) is 10.8. The average molecular weight is 276 g/mol. The van der Waals surface area contributed by atoms with Gasteiger partial charge < -0.3 is 14.9 Å². The lowest BCUT2D eigenvalue weighted by atomic mass is 10.1. The molecule has 104 valence electrons. The first-order valence-corrected chi connectivity index (χ1v) is 5.77. The van der Waals surface area contributed by atoms with Crippen molar-refractivity contribution in [3.63, 3.8) is 0 Å². The number of amides is 1. The molecule has 0 aromatic carbocycles. The number of carboxylic acid groups (broad SMARTS) is 1. The van der Waals surface area contributed by atoms with Crippen molar-refractivity contribution in [2.24, 2.45) is 0 Å². The fourth-order valence-corrected chi connectivity index (χ4v) is 1.70. The number of carbonyl (C=O) groups is 2. The highest BCUT2D eigenvalue weighted by atomic mass is 16.5. The van der Waals surface area contributed by atoms with Crippen molar-refractivity contribution in [1.29, 1.82) is 0 Å². The van der Waals surface area contributed by atoms with Crippen LogP contribution in [0.1, 0.15) is 45.3 Å². The quantitative estimate of drug-likeness (QED) is 0.853. The van der Waals surface area contributed by atoms with E-state index in [1.165, 1.54) is 25.5 Å². The maximum absolute atomic E-state index is 11.9. The Morgan fingerprint density at radius 1 is 1.40 bits per heavy atom. The Morgan fingerprint density at radius 3 is 2.75 bits per heavy atom. The predicted octanol–water partition coefficient (Wildman–Crippen LogP) is 0.962. The van der Waals surface area contributed by atoms with Crippen LogP contribution in [0, 0.1) is 6.92 Å². The molecule has 2 heterocycles. The number of hydrogen-bond donors (Lipinski definition) is 2. The number of rotatable bonds is 4. The molecule has 0 saturated heterocycles. The molecule has 2 rings (SSSR count). The van der Waals surface area contributed by atoms with Crippen molar-refractivity contribution in [3.8, 4) is 0 Å². The third-order valence-electron chi connectivity index (χ3n) is 2.64. The fourth-order valence-electron chi connectivity index (χ4n) is 1.70. The molecular weight excluding hydrogens is 264 g/mol. The zero-order chi connectivity index (χ0) is 14.7. The lowest BCUT2D eigenvalue weighted by Crippen LogP contribution is -2.28. The van der Waals surface area contributed by atoms with E-state index in [1.54, 1.807) is 6.92 Å². The molecule has 0 aliphatic heterocycles. The van der Waals surface area contributed by atoms with E-state index in [-0.39, 0.29) is 22.7 Å². The van der Waals surface area contributed by atoms with Gasteiger partial charge >= 0.3 is 5.97 Å². The SMILES string of the molecule is Cc1noc(C(C)NC(=O)c2cnccn2)c1C(=O)O. The van der Waals surface area contributed by atoms with Crippen LogP contribution in [-0.4, -0.2) is 32.1 Å². The number of nitrogens with zero attached hydrogens (tertiary/aromatic N) is 3. The van der Waals surface area contributed by atoms with Crippen molar-refractivity contribution in [3.05, 3.63) is 41.3 Å². The summed E-state index contributed by atoms with van der Waals surface area (Å²) in [7, 11) is 0. The van der Waals surface area contributed by atoms with E-state index in [2.05, 4.69) is 20.4 Å². The van der Waals surface area contributed by atoms with E-state index < -0.39 is 17.9 Å². The Labute approximate surface area is 113 Å². The average Bonchev–Trinajstić information content (AvgIpc) is 2.81. The summed E-state index contributed by atoms with van der Waals surface area (Å²) in [5.74, 6) is -1.54. The van der Waals surface area contributed by atoms with Gasteiger partial charge in [-0.3, -0.25) is 9.78 Å². The number of aryl methyl sites for hydroxylation is 1. The number of carbonyl (C=O) groups excluding carboxylic acids is 1. The molecular formula is C12H12N4O4. The maximum Gasteiger partial charge on any atom is 0.341 e. The number of aromatic nitrogens is 3. The third kappa shape index (κ3) is 2.63. The van der Waals surface area contributed by atoms with Crippen LogP contribution >= 0.6 is 0 Å². The molecule has 2 aromatic rings. The Balaban J connectivity index is 2.19.